The molecule has 0 spiro atoms. The van der Waals surface area contributed by atoms with Crippen LogP contribution in [0.3, 0.4) is 0 Å². The highest BCUT2D eigenvalue weighted by molar-refractivity contribution is 9.10. The molecule has 1 N–H and O–H groups in total. The summed E-state index contributed by atoms with van der Waals surface area (Å²) >= 11 is 6.93. The summed E-state index contributed by atoms with van der Waals surface area (Å²) in [5.41, 5.74) is 4.55. The molecule has 5 heteroatoms. The summed E-state index contributed by atoms with van der Waals surface area (Å²) in [5, 5.41) is 7.46. The van der Waals surface area contributed by atoms with Crippen LogP contribution in [0.2, 0.25) is 0 Å². The number of benzene rings is 3. The Hall–Kier alpha value is -2.50. The lowest BCUT2D eigenvalue weighted by Crippen LogP contribution is -2.03. The molecule has 0 aliphatic carbocycles. The summed E-state index contributed by atoms with van der Waals surface area (Å²) in [6, 6.07) is 25.0. The molecule has 0 unspecified atom stereocenters. The Morgan fingerprint density at radius 3 is 1.89 bits per heavy atom. The van der Waals surface area contributed by atoms with Crippen LogP contribution in [0.1, 0.15) is 16.1 Å². The lowest BCUT2D eigenvalue weighted by atomic mass is 9.95. The van der Waals surface area contributed by atoms with Gasteiger partial charge in [0.1, 0.15) is 11.4 Å². The second-order valence-corrected chi connectivity index (χ2v) is 7.86. The Morgan fingerprint density at radius 1 is 0.741 bits per heavy atom. The Balaban J connectivity index is 1.90. The van der Waals surface area contributed by atoms with E-state index in [0.29, 0.717) is 11.3 Å². The van der Waals surface area contributed by atoms with Crippen LogP contribution in [0.15, 0.2) is 87.8 Å². The van der Waals surface area contributed by atoms with Crippen LogP contribution in [-0.4, -0.2) is 16.0 Å². The number of aromatic amines is 1. The minimum absolute atomic E-state index is 0.0793. The fourth-order valence-electron chi connectivity index (χ4n) is 2.95. The summed E-state index contributed by atoms with van der Waals surface area (Å²) in [5.74, 6) is -0.0793. The van der Waals surface area contributed by atoms with E-state index in [1.165, 1.54) is 0 Å². The van der Waals surface area contributed by atoms with Crippen LogP contribution in [0.25, 0.3) is 22.4 Å². The van der Waals surface area contributed by atoms with Gasteiger partial charge in [0.25, 0.3) is 0 Å². The summed E-state index contributed by atoms with van der Waals surface area (Å²) in [6.07, 6.45) is 0. The Labute approximate surface area is 173 Å². The first-order valence-electron chi connectivity index (χ1n) is 8.33. The number of nitrogens with zero attached hydrogens (tertiary/aromatic N) is 1. The van der Waals surface area contributed by atoms with Gasteiger partial charge < -0.3 is 0 Å². The molecule has 0 aliphatic heterocycles. The molecule has 0 bridgehead atoms. The summed E-state index contributed by atoms with van der Waals surface area (Å²) in [6.45, 7) is 0. The maximum Gasteiger partial charge on any atom is 0.211 e. The van der Waals surface area contributed by atoms with Crippen LogP contribution in [0.4, 0.5) is 0 Å². The van der Waals surface area contributed by atoms with Crippen molar-refractivity contribution in [3.8, 4) is 22.4 Å². The van der Waals surface area contributed by atoms with Crippen LogP contribution >= 0.6 is 31.9 Å². The number of carbonyl (C=O) groups excluding carboxylic acids is 1. The van der Waals surface area contributed by atoms with E-state index in [0.717, 1.165) is 31.3 Å². The molecule has 0 radical (unpaired) electrons. The van der Waals surface area contributed by atoms with Crippen molar-refractivity contribution in [3.63, 3.8) is 0 Å². The molecule has 0 fully saturated rings. The van der Waals surface area contributed by atoms with Crippen LogP contribution in [0, 0.1) is 0 Å². The fraction of sp³-hybridized carbons (Fsp3) is 0. The first kappa shape index (κ1) is 17.9. The highest BCUT2D eigenvalue weighted by atomic mass is 79.9. The lowest BCUT2D eigenvalue weighted by Gasteiger charge is -2.07. The van der Waals surface area contributed by atoms with Gasteiger partial charge in [0.2, 0.25) is 5.78 Å². The van der Waals surface area contributed by atoms with E-state index >= 15 is 0 Å². The molecular weight excluding hydrogens is 468 g/mol. The normalized spacial score (nSPS) is 10.7. The monoisotopic (exact) mass is 480 g/mol. The number of aromatic nitrogens is 2. The van der Waals surface area contributed by atoms with E-state index in [4.69, 9.17) is 0 Å². The first-order chi connectivity index (χ1) is 13.1. The molecular formula is C22H14Br2N2O. The maximum atomic E-state index is 13.1. The standard InChI is InChI=1S/C22H14Br2N2O/c23-17-10-6-14(7-11-17)19-20(15-8-12-18(24)13-9-15)25-26-21(19)22(27)16-4-2-1-3-5-16/h1-13H,(H,25,26). The molecule has 1 heterocycles. The average molecular weight is 482 g/mol. The van der Waals surface area contributed by atoms with Gasteiger partial charge in [0.05, 0.1) is 0 Å². The number of halogens is 2. The van der Waals surface area contributed by atoms with Crippen LogP contribution in [0.5, 0.6) is 0 Å². The summed E-state index contributed by atoms with van der Waals surface area (Å²) in [4.78, 5) is 13.1. The molecule has 0 amide bonds. The van der Waals surface area contributed by atoms with Gasteiger partial charge in [0, 0.05) is 25.6 Å². The van der Waals surface area contributed by atoms with Gasteiger partial charge in [-0.15, -0.1) is 0 Å². The Bertz CT molecular complexity index is 1090. The average Bonchev–Trinajstić information content (AvgIpc) is 3.14. The number of hydrogen-bond donors (Lipinski definition) is 1. The molecule has 1 aromatic heterocycles. The molecule has 132 valence electrons. The van der Waals surface area contributed by atoms with E-state index < -0.39 is 0 Å². The van der Waals surface area contributed by atoms with Gasteiger partial charge >= 0.3 is 0 Å². The molecule has 3 nitrogen and oxygen atoms in total. The zero-order valence-corrected chi connectivity index (χ0v) is 17.3. The van der Waals surface area contributed by atoms with Gasteiger partial charge in [-0.2, -0.15) is 5.10 Å². The van der Waals surface area contributed by atoms with E-state index in [-0.39, 0.29) is 5.78 Å². The third-order valence-corrected chi connectivity index (χ3v) is 5.34. The number of nitrogens with one attached hydrogen (secondary N) is 1. The number of hydrogen-bond acceptors (Lipinski definition) is 2. The van der Waals surface area contributed by atoms with Crippen LogP contribution in [-0.2, 0) is 0 Å². The number of carbonyl (C=O) groups is 1. The summed E-state index contributed by atoms with van der Waals surface area (Å²) in [7, 11) is 0. The second kappa shape index (κ2) is 7.62. The topological polar surface area (TPSA) is 45.8 Å². The maximum absolute atomic E-state index is 13.1. The van der Waals surface area contributed by atoms with Crippen molar-refractivity contribution in [2.75, 3.05) is 0 Å². The number of rotatable bonds is 4. The molecule has 3 aromatic carbocycles. The smallest absolute Gasteiger partial charge is 0.211 e. The minimum atomic E-state index is -0.0793. The van der Waals surface area contributed by atoms with Crippen LogP contribution < -0.4 is 0 Å². The van der Waals surface area contributed by atoms with E-state index in [2.05, 4.69) is 42.1 Å². The Kier molecular flexibility index (Phi) is 5.05. The zero-order chi connectivity index (χ0) is 18.8. The van der Waals surface area contributed by atoms with Gasteiger partial charge in [-0.1, -0.05) is 86.5 Å². The van der Waals surface area contributed by atoms with Crippen molar-refractivity contribution in [1.29, 1.82) is 0 Å². The molecule has 0 saturated heterocycles. The van der Waals surface area contributed by atoms with Gasteiger partial charge in [-0.05, 0) is 29.8 Å². The van der Waals surface area contributed by atoms with Gasteiger partial charge in [0.15, 0.2) is 0 Å². The number of H-pyrrole nitrogens is 1. The molecule has 0 atom stereocenters. The fourth-order valence-corrected chi connectivity index (χ4v) is 3.48. The van der Waals surface area contributed by atoms with E-state index in [1.807, 2.05) is 78.9 Å². The second-order valence-electron chi connectivity index (χ2n) is 6.03. The van der Waals surface area contributed by atoms with Crippen molar-refractivity contribution in [3.05, 3.63) is 99.1 Å². The Morgan fingerprint density at radius 2 is 1.30 bits per heavy atom. The third kappa shape index (κ3) is 3.66. The lowest BCUT2D eigenvalue weighted by molar-refractivity contribution is 0.103. The molecule has 4 rings (SSSR count). The number of ketones is 1. The third-order valence-electron chi connectivity index (χ3n) is 4.28. The van der Waals surface area contributed by atoms with E-state index in [1.54, 1.807) is 0 Å². The first-order valence-corrected chi connectivity index (χ1v) is 9.92. The van der Waals surface area contributed by atoms with Gasteiger partial charge in [-0.25, -0.2) is 0 Å². The quantitative estimate of drug-likeness (QED) is 0.338. The van der Waals surface area contributed by atoms with E-state index in [9.17, 15) is 4.79 Å². The molecule has 4 aromatic rings. The highest BCUT2D eigenvalue weighted by Gasteiger charge is 2.22. The predicted octanol–water partition coefficient (Wildman–Crippen LogP) is 6.50. The van der Waals surface area contributed by atoms with Crippen molar-refractivity contribution >= 4 is 37.6 Å². The minimum Gasteiger partial charge on any atom is -0.287 e. The van der Waals surface area contributed by atoms with Crippen molar-refractivity contribution in [2.24, 2.45) is 0 Å². The summed E-state index contributed by atoms with van der Waals surface area (Å²) < 4.78 is 1.98. The zero-order valence-electron chi connectivity index (χ0n) is 14.1. The van der Waals surface area contributed by atoms with Crippen molar-refractivity contribution < 1.29 is 4.79 Å². The largest absolute Gasteiger partial charge is 0.287 e. The predicted molar refractivity (Wildman–Crippen MR) is 115 cm³/mol. The molecule has 0 aliphatic rings. The van der Waals surface area contributed by atoms with Gasteiger partial charge in [-0.3, -0.25) is 9.89 Å². The van der Waals surface area contributed by atoms with Crippen molar-refractivity contribution in [2.45, 2.75) is 0 Å². The SMILES string of the molecule is O=C(c1ccccc1)c1[nH]nc(-c2ccc(Br)cc2)c1-c1ccc(Br)cc1. The molecule has 27 heavy (non-hydrogen) atoms. The molecule has 0 saturated carbocycles. The highest BCUT2D eigenvalue weighted by Crippen LogP contribution is 2.35. The van der Waals surface area contributed by atoms with Crippen molar-refractivity contribution in [1.82, 2.24) is 10.2 Å².